The number of ketones is 1. The van der Waals surface area contributed by atoms with Gasteiger partial charge in [0.25, 0.3) is 5.69 Å². The van der Waals surface area contributed by atoms with E-state index in [9.17, 15) is 20.2 Å². The molecule has 1 atom stereocenters. The van der Waals surface area contributed by atoms with Gasteiger partial charge in [0.05, 0.1) is 22.5 Å². The number of nitro benzene ring substituents is 1. The summed E-state index contributed by atoms with van der Waals surface area (Å²) in [5.74, 6) is -0.350. The molecule has 2 aliphatic rings. The quantitative estimate of drug-likeness (QED) is 0.610. The number of rotatable bonds is 3. The Morgan fingerprint density at radius 3 is 2.57 bits per heavy atom. The topological polar surface area (TPSA) is 113 Å². The number of allylic oxidation sites excluding steroid dienone is 3. The number of benzene rings is 2. The first-order valence-corrected chi connectivity index (χ1v) is 9.69. The first-order valence-electron chi connectivity index (χ1n) is 9.69. The molecule has 0 bridgehead atoms. The van der Waals surface area contributed by atoms with E-state index in [1.807, 2.05) is 36.1 Å². The Hall–Kier alpha value is -3.92. The van der Waals surface area contributed by atoms with Gasteiger partial charge in [-0.15, -0.1) is 0 Å². The van der Waals surface area contributed by atoms with E-state index in [1.165, 1.54) is 12.1 Å². The third-order valence-electron chi connectivity index (χ3n) is 5.61. The van der Waals surface area contributed by atoms with E-state index in [0.717, 1.165) is 16.9 Å². The maximum absolute atomic E-state index is 13.0. The van der Waals surface area contributed by atoms with E-state index in [-0.39, 0.29) is 17.0 Å². The number of aryl methyl sites for hydroxylation is 1. The second-order valence-corrected chi connectivity index (χ2v) is 7.50. The second-order valence-electron chi connectivity index (χ2n) is 7.50. The van der Waals surface area contributed by atoms with Crippen molar-refractivity contribution in [2.75, 3.05) is 4.90 Å². The average Bonchev–Trinajstić information content (AvgIpc) is 2.73. The zero-order valence-corrected chi connectivity index (χ0v) is 16.5. The van der Waals surface area contributed by atoms with Gasteiger partial charge in [-0.2, -0.15) is 5.26 Å². The molecule has 2 aromatic rings. The third kappa shape index (κ3) is 3.12. The van der Waals surface area contributed by atoms with Gasteiger partial charge in [-0.05, 0) is 43.0 Å². The molecule has 1 aliphatic carbocycles. The van der Waals surface area contributed by atoms with Crippen LogP contribution in [0, 0.1) is 28.4 Å². The number of Topliss-reactive ketones (excluding diaryl/α,β-unsaturated/α-hetero) is 1. The van der Waals surface area contributed by atoms with Crippen molar-refractivity contribution in [1.82, 2.24) is 0 Å². The minimum Gasteiger partial charge on any atom is -0.384 e. The van der Waals surface area contributed by atoms with Crippen LogP contribution in [-0.4, -0.2) is 10.7 Å². The monoisotopic (exact) mass is 400 g/mol. The average molecular weight is 400 g/mol. The van der Waals surface area contributed by atoms with Gasteiger partial charge in [0.15, 0.2) is 5.78 Å². The molecule has 150 valence electrons. The number of anilines is 1. The molecule has 0 amide bonds. The summed E-state index contributed by atoms with van der Waals surface area (Å²) < 4.78 is 0. The van der Waals surface area contributed by atoms with Crippen molar-refractivity contribution in [3.63, 3.8) is 0 Å². The fraction of sp³-hybridized carbons (Fsp3) is 0.217. The van der Waals surface area contributed by atoms with Crippen LogP contribution in [0.3, 0.4) is 0 Å². The van der Waals surface area contributed by atoms with Gasteiger partial charge in [-0.1, -0.05) is 24.3 Å². The van der Waals surface area contributed by atoms with E-state index in [0.29, 0.717) is 36.2 Å². The fourth-order valence-electron chi connectivity index (χ4n) is 4.27. The number of nitrogens with zero attached hydrogens (tertiary/aromatic N) is 3. The largest absolute Gasteiger partial charge is 0.384 e. The Bertz CT molecular complexity index is 1160. The molecule has 0 saturated heterocycles. The Morgan fingerprint density at radius 1 is 1.20 bits per heavy atom. The zero-order chi connectivity index (χ0) is 21.4. The summed E-state index contributed by atoms with van der Waals surface area (Å²) in [6.07, 6.45) is 1.78. The number of hydrogen-bond donors (Lipinski definition) is 1. The van der Waals surface area contributed by atoms with Crippen molar-refractivity contribution in [1.29, 1.82) is 5.26 Å². The summed E-state index contributed by atoms with van der Waals surface area (Å²) in [6.45, 7) is 1.97. The molecule has 1 heterocycles. The molecule has 1 aliphatic heterocycles. The molecular formula is C23H20N4O3. The first-order chi connectivity index (χ1) is 14.4. The van der Waals surface area contributed by atoms with Crippen LogP contribution >= 0.6 is 0 Å². The molecule has 0 saturated carbocycles. The first kappa shape index (κ1) is 19.4. The highest BCUT2D eigenvalue weighted by Gasteiger charge is 2.40. The molecule has 0 unspecified atom stereocenters. The van der Waals surface area contributed by atoms with Gasteiger partial charge in [0.2, 0.25) is 0 Å². The molecule has 0 fully saturated rings. The summed E-state index contributed by atoms with van der Waals surface area (Å²) in [5.41, 5.74) is 10.6. The predicted molar refractivity (Wildman–Crippen MR) is 112 cm³/mol. The van der Waals surface area contributed by atoms with Crippen molar-refractivity contribution in [3.8, 4) is 6.07 Å². The Labute approximate surface area is 173 Å². The van der Waals surface area contributed by atoms with Crippen LogP contribution in [0.2, 0.25) is 0 Å². The van der Waals surface area contributed by atoms with Crippen LogP contribution in [0.5, 0.6) is 0 Å². The highest BCUT2D eigenvalue weighted by Crippen LogP contribution is 2.46. The van der Waals surface area contributed by atoms with Crippen LogP contribution in [0.1, 0.15) is 36.3 Å². The number of carbonyl (C=O) groups is 1. The summed E-state index contributed by atoms with van der Waals surface area (Å²) in [5, 5.41) is 21.0. The van der Waals surface area contributed by atoms with Crippen LogP contribution < -0.4 is 10.6 Å². The van der Waals surface area contributed by atoms with Crippen molar-refractivity contribution < 1.29 is 9.72 Å². The van der Waals surface area contributed by atoms with E-state index in [2.05, 4.69) is 6.07 Å². The van der Waals surface area contributed by atoms with Crippen LogP contribution in [0.15, 0.2) is 71.2 Å². The SMILES string of the molecule is Cc1cccc(N2C(N)=C(C#N)[C@@H](c3ccc([N+](=O)[O-])cc3)C3=C2CCCC3=O)c1. The Morgan fingerprint density at radius 2 is 1.93 bits per heavy atom. The number of nitro groups is 1. The van der Waals surface area contributed by atoms with Gasteiger partial charge in [-0.3, -0.25) is 19.8 Å². The smallest absolute Gasteiger partial charge is 0.269 e. The summed E-state index contributed by atoms with van der Waals surface area (Å²) >= 11 is 0. The van der Waals surface area contributed by atoms with Gasteiger partial charge in [0.1, 0.15) is 5.82 Å². The summed E-state index contributed by atoms with van der Waals surface area (Å²) in [7, 11) is 0. The minimum absolute atomic E-state index is 0.0162. The van der Waals surface area contributed by atoms with E-state index < -0.39 is 10.8 Å². The minimum atomic E-state index is -0.625. The lowest BCUT2D eigenvalue weighted by Gasteiger charge is -2.39. The molecule has 0 radical (unpaired) electrons. The fourth-order valence-corrected chi connectivity index (χ4v) is 4.27. The van der Waals surface area contributed by atoms with Crippen LogP contribution in [0.4, 0.5) is 11.4 Å². The van der Waals surface area contributed by atoms with Crippen molar-refractivity contribution >= 4 is 17.2 Å². The predicted octanol–water partition coefficient (Wildman–Crippen LogP) is 4.21. The molecule has 30 heavy (non-hydrogen) atoms. The molecule has 2 N–H and O–H groups in total. The molecule has 0 spiro atoms. The Balaban J connectivity index is 1.93. The third-order valence-corrected chi connectivity index (χ3v) is 5.61. The lowest BCUT2D eigenvalue weighted by Crippen LogP contribution is -2.38. The standard InChI is InChI=1S/C23H20N4O3/c1-14-4-2-5-17(12-14)26-19-6-3-7-20(28)22(19)21(18(13-24)23(26)25)15-8-10-16(11-9-15)27(29)30/h2,4-5,8-12,21H,3,6-7,25H2,1H3/t21-/m1/s1. The van der Waals surface area contributed by atoms with Gasteiger partial charge in [-0.25, -0.2) is 0 Å². The van der Waals surface area contributed by atoms with E-state index in [1.54, 1.807) is 12.1 Å². The van der Waals surface area contributed by atoms with Crippen molar-refractivity contribution in [2.45, 2.75) is 32.1 Å². The molecule has 4 rings (SSSR count). The van der Waals surface area contributed by atoms with Crippen LogP contribution in [-0.2, 0) is 4.79 Å². The molecule has 7 heteroatoms. The van der Waals surface area contributed by atoms with Crippen LogP contribution in [0.25, 0.3) is 0 Å². The van der Waals surface area contributed by atoms with E-state index in [4.69, 9.17) is 5.73 Å². The summed E-state index contributed by atoms with van der Waals surface area (Å²) in [4.78, 5) is 25.4. The number of carbonyl (C=O) groups excluding carboxylic acids is 1. The number of nitrogens with two attached hydrogens (primary N) is 1. The maximum atomic E-state index is 13.0. The summed E-state index contributed by atoms with van der Waals surface area (Å²) in [6, 6.07) is 15.9. The lowest BCUT2D eigenvalue weighted by molar-refractivity contribution is -0.384. The number of hydrogen-bond acceptors (Lipinski definition) is 6. The van der Waals surface area contributed by atoms with Crippen molar-refractivity contribution in [3.05, 3.63) is 92.4 Å². The highest BCUT2D eigenvalue weighted by atomic mass is 16.6. The van der Waals surface area contributed by atoms with E-state index >= 15 is 0 Å². The maximum Gasteiger partial charge on any atom is 0.269 e. The van der Waals surface area contributed by atoms with Gasteiger partial charge < -0.3 is 5.73 Å². The van der Waals surface area contributed by atoms with Crippen molar-refractivity contribution in [2.24, 2.45) is 5.73 Å². The molecule has 2 aromatic carbocycles. The lowest BCUT2D eigenvalue weighted by atomic mass is 9.75. The number of nitriles is 1. The molecule has 7 nitrogen and oxygen atoms in total. The second kappa shape index (κ2) is 7.48. The molecule has 0 aromatic heterocycles. The van der Waals surface area contributed by atoms with Gasteiger partial charge in [0, 0.05) is 35.5 Å². The highest BCUT2D eigenvalue weighted by molar-refractivity contribution is 6.01. The van der Waals surface area contributed by atoms with Gasteiger partial charge >= 0.3 is 0 Å². The normalized spacial score (nSPS) is 18.9. The zero-order valence-electron chi connectivity index (χ0n) is 16.5. The Kier molecular flexibility index (Phi) is 4.84. The number of non-ortho nitro benzene ring substituents is 1. The molecular weight excluding hydrogens is 380 g/mol.